The number of halogens is 1. The van der Waals surface area contributed by atoms with Crippen LogP contribution in [0.2, 0.25) is 0 Å². The first-order valence-corrected chi connectivity index (χ1v) is 4.07. The van der Waals surface area contributed by atoms with Crippen molar-refractivity contribution in [3.63, 3.8) is 0 Å². The molecule has 1 aromatic rings. The maximum Gasteiger partial charge on any atom is 0.323 e. The minimum atomic E-state index is -0.220. The zero-order valence-corrected chi connectivity index (χ0v) is 7.79. The van der Waals surface area contributed by atoms with Gasteiger partial charge in [-0.2, -0.15) is 0 Å². The van der Waals surface area contributed by atoms with Crippen molar-refractivity contribution in [3.05, 3.63) is 24.2 Å². The zero-order chi connectivity index (χ0) is 8.10. The summed E-state index contributed by atoms with van der Waals surface area (Å²) < 4.78 is 7.39. The summed E-state index contributed by atoms with van der Waals surface area (Å²) in [6.45, 7) is 0.418. The smallest absolute Gasteiger partial charge is 0.323 e. The standard InChI is InChI=1S/C6H7IN2O2/c7-9-6(10)8-4-5-2-1-3-11-5/h1-3H,4H2,(H2,8,9,10). The maximum atomic E-state index is 10.6. The van der Waals surface area contributed by atoms with Crippen molar-refractivity contribution >= 4 is 28.9 Å². The Kier molecular flexibility index (Phi) is 3.21. The molecule has 1 aromatic heterocycles. The molecule has 0 aliphatic heterocycles. The lowest BCUT2D eigenvalue weighted by Crippen LogP contribution is -2.28. The van der Waals surface area contributed by atoms with Crippen LogP contribution in [-0.4, -0.2) is 6.03 Å². The van der Waals surface area contributed by atoms with Crippen molar-refractivity contribution in [2.24, 2.45) is 0 Å². The third-order valence-corrected chi connectivity index (χ3v) is 1.58. The van der Waals surface area contributed by atoms with E-state index in [1.807, 2.05) is 0 Å². The van der Waals surface area contributed by atoms with Gasteiger partial charge in [-0.05, 0) is 12.1 Å². The predicted octanol–water partition coefficient (Wildman–Crippen LogP) is 1.43. The molecule has 0 spiro atoms. The molecule has 1 rings (SSSR count). The second-order valence-electron chi connectivity index (χ2n) is 1.86. The fourth-order valence-corrected chi connectivity index (χ4v) is 0.805. The highest BCUT2D eigenvalue weighted by Crippen LogP contribution is 1.97. The van der Waals surface area contributed by atoms with Crippen LogP contribution in [0.1, 0.15) is 5.76 Å². The van der Waals surface area contributed by atoms with Gasteiger partial charge in [-0.1, -0.05) is 0 Å². The summed E-state index contributed by atoms with van der Waals surface area (Å²) in [5.74, 6) is 0.741. The minimum Gasteiger partial charge on any atom is -0.467 e. The Bertz CT molecular complexity index is 222. The third-order valence-electron chi connectivity index (χ3n) is 1.09. The molecule has 0 radical (unpaired) electrons. The molecule has 0 aromatic carbocycles. The van der Waals surface area contributed by atoms with Gasteiger partial charge in [0.15, 0.2) is 0 Å². The van der Waals surface area contributed by atoms with Gasteiger partial charge in [0.1, 0.15) is 5.76 Å². The summed E-state index contributed by atoms with van der Waals surface area (Å²) in [5, 5.41) is 2.58. The Morgan fingerprint density at radius 3 is 3.09 bits per heavy atom. The van der Waals surface area contributed by atoms with E-state index in [0.717, 1.165) is 5.76 Å². The number of nitrogens with one attached hydrogen (secondary N) is 2. The van der Waals surface area contributed by atoms with E-state index in [0.29, 0.717) is 6.54 Å². The van der Waals surface area contributed by atoms with Crippen molar-refractivity contribution in [2.45, 2.75) is 6.54 Å². The highest BCUT2D eigenvalue weighted by atomic mass is 127. The van der Waals surface area contributed by atoms with Gasteiger partial charge in [0.25, 0.3) is 0 Å². The summed E-state index contributed by atoms with van der Waals surface area (Å²) in [6, 6.07) is 3.36. The van der Waals surface area contributed by atoms with Crippen molar-refractivity contribution in [2.75, 3.05) is 0 Å². The van der Waals surface area contributed by atoms with Gasteiger partial charge in [0.2, 0.25) is 0 Å². The highest BCUT2D eigenvalue weighted by Gasteiger charge is 1.98. The summed E-state index contributed by atoms with van der Waals surface area (Å²) in [5.41, 5.74) is 0. The summed E-state index contributed by atoms with van der Waals surface area (Å²) in [4.78, 5) is 10.6. The lowest BCUT2D eigenvalue weighted by Gasteiger charge is -1.98. The summed E-state index contributed by atoms with van der Waals surface area (Å²) >= 11 is 1.76. The van der Waals surface area contributed by atoms with Crippen LogP contribution in [0.15, 0.2) is 22.8 Å². The lowest BCUT2D eigenvalue weighted by atomic mass is 10.4. The molecule has 4 nitrogen and oxygen atoms in total. The van der Waals surface area contributed by atoms with Crippen molar-refractivity contribution in [1.82, 2.24) is 8.85 Å². The fraction of sp³-hybridized carbons (Fsp3) is 0.167. The SMILES string of the molecule is O=C(NI)NCc1ccco1. The maximum absolute atomic E-state index is 10.6. The van der Waals surface area contributed by atoms with Crippen LogP contribution < -0.4 is 8.85 Å². The van der Waals surface area contributed by atoms with Gasteiger partial charge < -0.3 is 9.73 Å². The number of amides is 2. The Morgan fingerprint density at radius 2 is 2.55 bits per heavy atom. The predicted molar refractivity (Wildman–Crippen MR) is 48.1 cm³/mol. The molecule has 11 heavy (non-hydrogen) atoms. The van der Waals surface area contributed by atoms with E-state index in [-0.39, 0.29) is 6.03 Å². The van der Waals surface area contributed by atoms with Crippen LogP contribution in [0.25, 0.3) is 0 Å². The molecular formula is C6H7IN2O2. The van der Waals surface area contributed by atoms with Gasteiger partial charge in [-0.25, -0.2) is 4.79 Å². The molecule has 0 saturated heterocycles. The number of urea groups is 1. The van der Waals surface area contributed by atoms with Crippen LogP contribution in [0.4, 0.5) is 4.79 Å². The van der Waals surface area contributed by atoms with Crippen molar-refractivity contribution in [1.29, 1.82) is 0 Å². The average molecular weight is 266 g/mol. The van der Waals surface area contributed by atoms with Crippen molar-refractivity contribution < 1.29 is 9.21 Å². The van der Waals surface area contributed by atoms with Gasteiger partial charge in [0, 0.05) is 0 Å². The summed E-state index contributed by atoms with van der Waals surface area (Å²) in [6.07, 6.45) is 1.57. The first kappa shape index (κ1) is 8.38. The topological polar surface area (TPSA) is 54.3 Å². The zero-order valence-electron chi connectivity index (χ0n) is 5.63. The van der Waals surface area contributed by atoms with Crippen molar-refractivity contribution in [3.8, 4) is 0 Å². The molecule has 0 atom stereocenters. The van der Waals surface area contributed by atoms with Gasteiger partial charge in [0.05, 0.1) is 35.7 Å². The van der Waals surface area contributed by atoms with Crippen LogP contribution in [0.3, 0.4) is 0 Å². The molecule has 0 aliphatic carbocycles. The molecule has 0 bridgehead atoms. The molecule has 0 fully saturated rings. The molecule has 0 aliphatic rings. The third kappa shape index (κ3) is 2.79. The molecule has 0 saturated carbocycles. The lowest BCUT2D eigenvalue weighted by molar-refractivity contribution is 0.246. The summed E-state index contributed by atoms with van der Waals surface area (Å²) in [7, 11) is 0. The van der Waals surface area contributed by atoms with E-state index in [1.54, 1.807) is 41.3 Å². The second-order valence-corrected chi connectivity index (χ2v) is 2.40. The number of hydrogen-bond donors (Lipinski definition) is 2. The first-order chi connectivity index (χ1) is 5.33. The molecule has 0 unspecified atom stereocenters. The number of carbonyl (C=O) groups is 1. The first-order valence-electron chi connectivity index (χ1n) is 3.00. The number of furan rings is 1. The average Bonchev–Trinajstić information content (AvgIpc) is 2.52. The molecular weight excluding hydrogens is 259 g/mol. The van der Waals surface area contributed by atoms with E-state index in [2.05, 4.69) is 8.85 Å². The largest absolute Gasteiger partial charge is 0.467 e. The second kappa shape index (κ2) is 4.22. The molecule has 1 heterocycles. The Morgan fingerprint density at radius 1 is 1.73 bits per heavy atom. The highest BCUT2D eigenvalue weighted by molar-refractivity contribution is 14.1. The van der Waals surface area contributed by atoms with Crippen LogP contribution in [0.5, 0.6) is 0 Å². The number of rotatable bonds is 2. The Hall–Kier alpha value is -0.720. The van der Waals surface area contributed by atoms with E-state index < -0.39 is 0 Å². The molecule has 2 amide bonds. The number of hydrogen-bond acceptors (Lipinski definition) is 2. The number of carbonyl (C=O) groups excluding carboxylic acids is 1. The molecule has 5 heteroatoms. The fourth-order valence-electron chi connectivity index (χ4n) is 0.614. The van der Waals surface area contributed by atoms with Gasteiger partial charge in [-0.15, -0.1) is 0 Å². The monoisotopic (exact) mass is 266 g/mol. The molecule has 60 valence electrons. The van der Waals surface area contributed by atoms with Gasteiger partial charge in [-0.3, -0.25) is 3.53 Å². The molecule has 2 N–H and O–H groups in total. The van der Waals surface area contributed by atoms with E-state index in [4.69, 9.17) is 4.42 Å². The van der Waals surface area contributed by atoms with Crippen LogP contribution >= 0.6 is 22.9 Å². The Labute approximate surface area is 77.8 Å². The van der Waals surface area contributed by atoms with Crippen LogP contribution in [0, 0.1) is 0 Å². The van der Waals surface area contributed by atoms with E-state index in [9.17, 15) is 4.79 Å². The van der Waals surface area contributed by atoms with Crippen LogP contribution in [-0.2, 0) is 6.54 Å². The normalized spacial score (nSPS) is 9.18. The van der Waals surface area contributed by atoms with E-state index >= 15 is 0 Å². The quantitative estimate of drug-likeness (QED) is 0.628. The van der Waals surface area contributed by atoms with E-state index in [1.165, 1.54) is 0 Å². The van der Waals surface area contributed by atoms with Gasteiger partial charge >= 0.3 is 6.03 Å². The Balaban J connectivity index is 2.29. The minimum absolute atomic E-state index is 0.220.